The Hall–Kier alpha value is -1.70. The summed E-state index contributed by atoms with van der Waals surface area (Å²) in [6.45, 7) is 2.79. The minimum atomic E-state index is -3.41. The molecule has 2 aromatic rings. The van der Waals surface area contributed by atoms with Gasteiger partial charge in [0.25, 0.3) is 0 Å². The van der Waals surface area contributed by atoms with Crippen molar-refractivity contribution < 1.29 is 8.42 Å². The molecule has 6 nitrogen and oxygen atoms in total. The molecule has 0 radical (unpaired) electrons. The fraction of sp³-hybridized carbons (Fsp3) is 0.471. The number of nitrogens with one attached hydrogen (secondary N) is 2. The van der Waals surface area contributed by atoms with Gasteiger partial charge in [0.05, 0.1) is 10.6 Å². The van der Waals surface area contributed by atoms with Crippen molar-refractivity contribution in [2.24, 2.45) is 7.05 Å². The third-order valence-corrected chi connectivity index (χ3v) is 5.86. The Labute approximate surface area is 143 Å². The first-order chi connectivity index (χ1) is 11.5. The average Bonchev–Trinajstić information content (AvgIpc) is 2.94. The zero-order valence-corrected chi connectivity index (χ0v) is 14.9. The molecule has 24 heavy (non-hydrogen) atoms. The lowest BCUT2D eigenvalue weighted by atomic mass is 9.93. The molecule has 1 aromatic heterocycles. The van der Waals surface area contributed by atoms with Gasteiger partial charge in [-0.05, 0) is 37.0 Å². The smallest absolute Gasteiger partial charge is 0.240 e. The minimum absolute atomic E-state index is 0.275. The van der Waals surface area contributed by atoms with Crippen LogP contribution < -0.4 is 10.0 Å². The highest BCUT2D eigenvalue weighted by molar-refractivity contribution is 7.89. The van der Waals surface area contributed by atoms with Gasteiger partial charge in [0, 0.05) is 37.9 Å². The van der Waals surface area contributed by atoms with Gasteiger partial charge >= 0.3 is 0 Å². The van der Waals surface area contributed by atoms with E-state index in [9.17, 15) is 8.42 Å². The molecule has 1 heterocycles. The molecule has 0 aliphatic heterocycles. The lowest BCUT2D eigenvalue weighted by molar-refractivity contribution is 0.457. The van der Waals surface area contributed by atoms with Crippen LogP contribution in [0, 0.1) is 0 Å². The molecule has 0 spiro atoms. The Balaban J connectivity index is 1.72. The highest BCUT2D eigenvalue weighted by atomic mass is 32.2. The van der Waals surface area contributed by atoms with Crippen LogP contribution in [-0.4, -0.2) is 24.7 Å². The van der Waals surface area contributed by atoms with Crippen molar-refractivity contribution in [1.29, 1.82) is 0 Å². The summed E-state index contributed by atoms with van der Waals surface area (Å²) in [6, 6.07) is 7.37. The average molecular weight is 348 g/mol. The van der Waals surface area contributed by atoms with Gasteiger partial charge in [-0.15, -0.1) is 0 Å². The molecule has 0 bridgehead atoms. The highest BCUT2D eigenvalue weighted by Gasteiger charge is 2.22. The van der Waals surface area contributed by atoms with E-state index < -0.39 is 10.0 Å². The van der Waals surface area contributed by atoms with Gasteiger partial charge in [0.2, 0.25) is 10.0 Å². The van der Waals surface area contributed by atoms with Gasteiger partial charge < -0.3 is 5.32 Å². The molecule has 130 valence electrons. The maximum absolute atomic E-state index is 12.1. The molecular formula is C17H24N4O2S. The van der Waals surface area contributed by atoms with E-state index in [4.69, 9.17) is 0 Å². The molecule has 7 heteroatoms. The summed E-state index contributed by atoms with van der Waals surface area (Å²) in [5.74, 6) is 0. The molecular weight excluding hydrogens is 324 g/mol. The van der Waals surface area contributed by atoms with Crippen LogP contribution in [0.2, 0.25) is 0 Å². The van der Waals surface area contributed by atoms with Gasteiger partial charge in [-0.1, -0.05) is 19.1 Å². The predicted molar refractivity (Wildman–Crippen MR) is 93.0 cm³/mol. The summed E-state index contributed by atoms with van der Waals surface area (Å²) in [5.41, 5.74) is 3.40. The SMILES string of the molecule is CCNS(=O)(=O)c1cccc(CNC2CCCc3nn(C)cc32)c1. The van der Waals surface area contributed by atoms with E-state index in [1.807, 2.05) is 17.8 Å². The van der Waals surface area contributed by atoms with E-state index in [1.165, 1.54) is 11.3 Å². The first-order valence-electron chi connectivity index (χ1n) is 8.34. The van der Waals surface area contributed by atoms with Crippen molar-refractivity contribution >= 4 is 10.0 Å². The van der Waals surface area contributed by atoms with Crippen LogP contribution in [0.3, 0.4) is 0 Å². The topological polar surface area (TPSA) is 76.0 Å². The van der Waals surface area contributed by atoms with Gasteiger partial charge in [-0.3, -0.25) is 4.68 Å². The summed E-state index contributed by atoms with van der Waals surface area (Å²) in [5, 5.41) is 8.06. The lowest BCUT2D eigenvalue weighted by Gasteiger charge is -2.23. The summed E-state index contributed by atoms with van der Waals surface area (Å²) in [7, 11) is -1.46. The van der Waals surface area contributed by atoms with Crippen molar-refractivity contribution in [3.8, 4) is 0 Å². The number of fused-ring (bicyclic) bond motifs is 1. The summed E-state index contributed by atoms with van der Waals surface area (Å²) in [6.07, 6.45) is 5.31. The number of benzene rings is 1. The second-order valence-electron chi connectivity index (χ2n) is 6.18. The van der Waals surface area contributed by atoms with E-state index in [-0.39, 0.29) is 6.04 Å². The van der Waals surface area contributed by atoms with Crippen LogP contribution in [0.15, 0.2) is 35.4 Å². The normalized spacial score (nSPS) is 17.7. The molecule has 1 unspecified atom stereocenters. The van der Waals surface area contributed by atoms with Crippen molar-refractivity contribution in [2.45, 2.75) is 43.7 Å². The van der Waals surface area contributed by atoms with E-state index >= 15 is 0 Å². The molecule has 0 amide bonds. The van der Waals surface area contributed by atoms with E-state index in [0.29, 0.717) is 18.0 Å². The van der Waals surface area contributed by atoms with Crippen molar-refractivity contribution in [1.82, 2.24) is 19.8 Å². The van der Waals surface area contributed by atoms with Crippen molar-refractivity contribution in [3.63, 3.8) is 0 Å². The fourth-order valence-corrected chi connectivity index (χ4v) is 4.33. The van der Waals surface area contributed by atoms with Crippen LogP contribution in [-0.2, 0) is 30.0 Å². The minimum Gasteiger partial charge on any atom is -0.306 e. The first-order valence-corrected chi connectivity index (χ1v) is 9.82. The number of nitrogens with zero attached hydrogens (tertiary/aromatic N) is 2. The monoisotopic (exact) mass is 348 g/mol. The zero-order chi connectivity index (χ0) is 17.2. The largest absolute Gasteiger partial charge is 0.306 e. The predicted octanol–water partition coefficient (Wildman–Crippen LogP) is 1.89. The molecule has 1 aliphatic carbocycles. The number of aryl methyl sites for hydroxylation is 2. The second kappa shape index (κ2) is 7.04. The molecule has 0 saturated heterocycles. The Morgan fingerprint density at radius 3 is 3.00 bits per heavy atom. The fourth-order valence-electron chi connectivity index (χ4n) is 3.22. The highest BCUT2D eigenvalue weighted by Crippen LogP contribution is 2.29. The third kappa shape index (κ3) is 3.68. The lowest BCUT2D eigenvalue weighted by Crippen LogP contribution is -2.25. The Kier molecular flexibility index (Phi) is 5.03. The summed E-state index contributed by atoms with van der Waals surface area (Å²) in [4.78, 5) is 0.314. The number of hydrogen-bond donors (Lipinski definition) is 2. The first kappa shape index (κ1) is 17.1. The Bertz CT molecular complexity index is 814. The van der Waals surface area contributed by atoms with Crippen LogP contribution in [0.25, 0.3) is 0 Å². The van der Waals surface area contributed by atoms with E-state index in [2.05, 4.69) is 21.3 Å². The number of sulfonamides is 1. The molecule has 0 fully saturated rings. The molecule has 0 saturated carbocycles. The molecule has 1 aromatic carbocycles. The van der Waals surface area contributed by atoms with Crippen LogP contribution in [0.4, 0.5) is 0 Å². The molecule has 2 N–H and O–H groups in total. The number of rotatable bonds is 6. The quantitative estimate of drug-likeness (QED) is 0.836. The zero-order valence-electron chi connectivity index (χ0n) is 14.1. The van der Waals surface area contributed by atoms with Crippen LogP contribution in [0.5, 0.6) is 0 Å². The van der Waals surface area contributed by atoms with E-state index in [0.717, 1.165) is 24.8 Å². The standard InChI is InChI=1S/C17H24N4O2S/c1-3-19-24(22,23)14-7-4-6-13(10-14)11-18-16-8-5-9-17-15(16)12-21(2)20-17/h4,6-7,10,12,16,18-19H,3,5,8-9,11H2,1-2H3. The van der Waals surface area contributed by atoms with Crippen LogP contribution >= 0.6 is 0 Å². The van der Waals surface area contributed by atoms with Crippen LogP contribution in [0.1, 0.15) is 42.6 Å². The third-order valence-electron chi connectivity index (χ3n) is 4.32. The maximum Gasteiger partial charge on any atom is 0.240 e. The summed E-state index contributed by atoms with van der Waals surface area (Å²) >= 11 is 0. The molecule has 1 atom stereocenters. The molecule has 1 aliphatic rings. The van der Waals surface area contributed by atoms with Gasteiger partial charge in [-0.2, -0.15) is 5.10 Å². The second-order valence-corrected chi connectivity index (χ2v) is 7.95. The summed E-state index contributed by atoms with van der Waals surface area (Å²) < 4.78 is 28.6. The number of aromatic nitrogens is 2. The Morgan fingerprint density at radius 2 is 2.21 bits per heavy atom. The molecule has 3 rings (SSSR count). The van der Waals surface area contributed by atoms with Gasteiger partial charge in [-0.25, -0.2) is 13.1 Å². The Morgan fingerprint density at radius 1 is 1.38 bits per heavy atom. The number of hydrogen-bond acceptors (Lipinski definition) is 4. The van der Waals surface area contributed by atoms with Gasteiger partial charge in [0.15, 0.2) is 0 Å². The van der Waals surface area contributed by atoms with Crippen molar-refractivity contribution in [3.05, 3.63) is 47.3 Å². The van der Waals surface area contributed by atoms with Gasteiger partial charge in [0.1, 0.15) is 0 Å². The van der Waals surface area contributed by atoms with Crippen molar-refractivity contribution in [2.75, 3.05) is 6.54 Å². The van der Waals surface area contributed by atoms with E-state index in [1.54, 1.807) is 25.1 Å². The maximum atomic E-state index is 12.1.